The minimum Gasteiger partial charge on any atom is -0.280 e. The maximum atomic E-state index is 12.9. The van der Waals surface area contributed by atoms with Crippen LogP contribution in [-0.4, -0.2) is 37.4 Å². The third-order valence-corrected chi connectivity index (χ3v) is 4.90. The molecular formula is C19H13F3N4O4. The Morgan fingerprint density at radius 1 is 0.900 bits per heavy atom. The van der Waals surface area contributed by atoms with Crippen molar-refractivity contribution in [2.75, 3.05) is 6.54 Å². The maximum Gasteiger partial charge on any atom is 0.433 e. The number of hydrogen-bond donors (Lipinski definition) is 0. The molecule has 0 unspecified atom stereocenters. The Hall–Kier alpha value is -3.76. The van der Waals surface area contributed by atoms with Crippen molar-refractivity contribution in [1.82, 2.24) is 19.0 Å². The summed E-state index contributed by atoms with van der Waals surface area (Å²) < 4.78 is 40.3. The van der Waals surface area contributed by atoms with E-state index in [4.69, 9.17) is 0 Å². The normalized spacial score (nSPS) is 13.9. The number of aryl methyl sites for hydroxylation is 1. The molecule has 0 spiro atoms. The molecule has 30 heavy (non-hydrogen) atoms. The zero-order chi connectivity index (χ0) is 21.8. The highest BCUT2D eigenvalue weighted by atomic mass is 19.4. The summed E-state index contributed by atoms with van der Waals surface area (Å²) in [5.41, 5.74) is -2.94. The van der Waals surface area contributed by atoms with E-state index in [1.807, 2.05) is 0 Å². The molecule has 1 aromatic carbocycles. The van der Waals surface area contributed by atoms with Gasteiger partial charge in [-0.05, 0) is 24.3 Å². The van der Waals surface area contributed by atoms with Crippen LogP contribution in [0, 0.1) is 0 Å². The van der Waals surface area contributed by atoms with E-state index in [9.17, 15) is 32.3 Å². The summed E-state index contributed by atoms with van der Waals surface area (Å²) in [5.74, 6) is -1.09. The molecule has 0 fully saturated rings. The number of fused-ring (bicyclic) bond motifs is 2. The molecule has 0 bridgehead atoms. The van der Waals surface area contributed by atoms with Crippen LogP contribution in [0.5, 0.6) is 0 Å². The van der Waals surface area contributed by atoms with Crippen LogP contribution in [0.2, 0.25) is 0 Å². The lowest BCUT2D eigenvalue weighted by atomic mass is 10.1. The number of hydrogen-bond acceptors (Lipinski definition) is 5. The van der Waals surface area contributed by atoms with Gasteiger partial charge < -0.3 is 0 Å². The first-order chi connectivity index (χ1) is 14.1. The fraction of sp³-hybridized carbons (Fsp3) is 0.211. The first-order valence-corrected chi connectivity index (χ1v) is 8.74. The van der Waals surface area contributed by atoms with E-state index in [1.54, 1.807) is 12.1 Å². The quantitative estimate of drug-likeness (QED) is 0.600. The molecule has 0 saturated heterocycles. The predicted molar refractivity (Wildman–Crippen MR) is 98.1 cm³/mol. The first kappa shape index (κ1) is 19.6. The standard InChI is InChI=1S/C19H13F3N4O4/c1-24-14-12(6-7-13(23-14)19(20,21)22)17(29)26(18(24)30)9-8-25-15(27)10-4-2-3-5-11(10)16(25)28/h2-7H,8-9H2,1H3. The molecular weight excluding hydrogens is 405 g/mol. The van der Waals surface area contributed by atoms with E-state index in [0.717, 1.165) is 20.1 Å². The fourth-order valence-electron chi connectivity index (χ4n) is 3.37. The number of nitrogens with zero attached hydrogens (tertiary/aromatic N) is 4. The maximum absolute atomic E-state index is 12.9. The third kappa shape index (κ3) is 2.90. The molecule has 1 aliphatic heterocycles. The van der Waals surface area contributed by atoms with Crippen molar-refractivity contribution in [3.8, 4) is 0 Å². The van der Waals surface area contributed by atoms with Gasteiger partial charge in [-0.15, -0.1) is 0 Å². The van der Waals surface area contributed by atoms with Gasteiger partial charge in [0.15, 0.2) is 0 Å². The minimum absolute atomic E-state index is 0.188. The Labute approximate surface area is 165 Å². The van der Waals surface area contributed by atoms with Crippen molar-refractivity contribution in [3.05, 3.63) is 74.1 Å². The average molecular weight is 418 g/mol. The van der Waals surface area contributed by atoms with Crippen LogP contribution < -0.4 is 11.2 Å². The van der Waals surface area contributed by atoms with E-state index >= 15 is 0 Å². The lowest BCUT2D eigenvalue weighted by Crippen LogP contribution is -2.43. The highest BCUT2D eigenvalue weighted by molar-refractivity contribution is 6.21. The Balaban J connectivity index is 1.71. The lowest BCUT2D eigenvalue weighted by molar-refractivity contribution is -0.141. The topological polar surface area (TPSA) is 94.3 Å². The number of pyridine rings is 1. The summed E-state index contributed by atoms with van der Waals surface area (Å²) in [7, 11) is 1.19. The van der Waals surface area contributed by atoms with Crippen molar-refractivity contribution in [3.63, 3.8) is 0 Å². The zero-order valence-corrected chi connectivity index (χ0v) is 15.4. The second-order valence-electron chi connectivity index (χ2n) is 6.67. The molecule has 1 aliphatic rings. The zero-order valence-electron chi connectivity index (χ0n) is 15.4. The van der Waals surface area contributed by atoms with Gasteiger partial charge in [-0.25, -0.2) is 9.78 Å². The summed E-state index contributed by atoms with van der Waals surface area (Å²) in [4.78, 5) is 54.4. The van der Waals surface area contributed by atoms with Gasteiger partial charge in [-0.3, -0.25) is 28.4 Å². The van der Waals surface area contributed by atoms with Gasteiger partial charge in [0, 0.05) is 20.1 Å². The molecule has 2 amide bonds. The monoisotopic (exact) mass is 418 g/mol. The molecule has 2 aromatic heterocycles. The molecule has 3 aromatic rings. The largest absolute Gasteiger partial charge is 0.433 e. The lowest BCUT2D eigenvalue weighted by Gasteiger charge is -2.16. The summed E-state index contributed by atoms with van der Waals surface area (Å²) in [5, 5.41) is -0.188. The second kappa shape index (κ2) is 6.65. The molecule has 8 nitrogen and oxygen atoms in total. The van der Waals surface area contributed by atoms with Crippen molar-refractivity contribution in [2.45, 2.75) is 12.7 Å². The highest BCUT2D eigenvalue weighted by Crippen LogP contribution is 2.28. The number of aromatic nitrogens is 3. The molecule has 0 atom stereocenters. The number of imide groups is 1. The van der Waals surface area contributed by atoms with Crippen molar-refractivity contribution < 1.29 is 22.8 Å². The van der Waals surface area contributed by atoms with Gasteiger partial charge in [0.05, 0.1) is 16.5 Å². The van der Waals surface area contributed by atoms with Gasteiger partial charge >= 0.3 is 11.9 Å². The molecule has 4 rings (SSSR count). The van der Waals surface area contributed by atoms with Crippen LogP contribution in [0.3, 0.4) is 0 Å². The number of carbonyl (C=O) groups excluding carboxylic acids is 2. The molecule has 0 saturated carbocycles. The van der Waals surface area contributed by atoms with Crippen LogP contribution in [0.4, 0.5) is 13.2 Å². The van der Waals surface area contributed by atoms with Gasteiger partial charge in [0.25, 0.3) is 17.4 Å². The number of benzene rings is 1. The molecule has 3 heterocycles. The van der Waals surface area contributed by atoms with Crippen molar-refractivity contribution >= 4 is 22.8 Å². The fourth-order valence-corrected chi connectivity index (χ4v) is 3.37. The van der Waals surface area contributed by atoms with E-state index < -0.39 is 40.6 Å². The highest BCUT2D eigenvalue weighted by Gasteiger charge is 2.35. The molecule has 0 radical (unpaired) electrons. The second-order valence-corrected chi connectivity index (χ2v) is 6.67. The van der Waals surface area contributed by atoms with Gasteiger partial charge in [0.1, 0.15) is 11.3 Å². The third-order valence-electron chi connectivity index (χ3n) is 4.90. The van der Waals surface area contributed by atoms with Crippen LogP contribution in [-0.2, 0) is 19.8 Å². The number of alkyl halides is 3. The van der Waals surface area contributed by atoms with E-state index in [0.29, 0.717) is 6.07 Å². The van der Waals surface area contributed by atoms with Gasteiger partial charge in [0.2, 0.25) is 0 Å². The molecule has 11 heteroatoms. The number of rotatable bonds is 3. The summed E-state index contributed by atoms with van der Waals surface area (Å²) >= 11 is 0. The van der Waals surface area contributed by atoms with Crippen molar-refractivity contribution in [2.24, 2.45) is 7.05 Å². The van der Waals surface area contributed by atoms with E-state index in [1.165, 1.54) is 19.2 Å². The molecule has 0 aliphatic carbocycles. The average Bonchev–Trinajstić information content (AvgIpc) is 2.96. The first-order valence-electron chi connectivity index (χ1n) is 8.74. The smallest absolute Gasteiger partial charge is 0.280 e. The van der Waals surface area contributed by atoms with Crippen LogP contribution in [0.1, 0.15) is 26.4 Å². The Bertz CT molecular complexity index is 1310. The van der Waals surface area contributed by atoms with Gasteiger partial charge in [-0.2, -0.15) is 13.2 Å². The van der Waals surface area contributed by atoms with E-state index in [2.05, 4.69) is 4.98 Å². The summed E-state index contributed by atoms with van der Waals surface area (Å²) in [6.45, 7) is -0.561. The Kier molecular flexibility index (Phi) is 4.33. The number of halogens is 3. The van der Waals surface area contributed by atoms with Gasteiger partial charge in [-0.1, -0.05) is 12.1 Å². The Morgan fingerprint density at radius 2 is 1.50 bits per heavy atom. The van der Waals surface area contributed by atoms with E-state index in [-0.39, 0.29) is 29.6 Å². The SMILES string of the molecule is Cn1c(=O)n(CCN2C(=O)c3ccccc3C2=O)c(=O)c2ccc(C(F)(F)F)nc21. The molecule has 154 valence electrons. The van der Waals surface area contributed by atoms with Crippen molar-refractivity contribution in [1.29, 1.82) is 0 Å². The Morgan fingerprint density at radius 3 is 2.07 bits per heavy atom. The number of amides is 2. The van der Waals surface area contributed by atoms with Crippen LogP contribution in [0.25, 0.3) is 11.0 Å². The summed E-state index contributed by atoms with van der Waals surface area (Å²) in [6.07, 6.45) is -4.73. The summed E-state index contributed by atoms with van der Waals surface area (Å²) in [6, 6.07) is 7.83. The predicted octanol–water partition coefficient (Wildman–Crippen LogP) is 1.41. The number of carbonyl (C=O) groups is 2. The molecule has 0 N–H and O–H groups in total. The minimum atomic E-state index is -4.73. The van der Waals surface area contributed by atoms with Crippen LogP contribution in [0.15, 0.2) is 46.0 Å². The van der Waals surface area contributed by atoms with Crippen LogP contribution >= 0.6 is 0 Å².